The Kier molecular flexibility index (Phi) is 4.60. The first-order valence-corrected chi connectivity index (χ1v) is 7.05. The highest BCUT2D eigenvalue weighted by atomic mass is 15.1. The number of nitrogens with one attached hydrogen (secondary N) is 1. The number of piperidine rings is 1. The molecular formula is C14H25N3. The summed E-state index contributed by atoms with van der Waals surface area (Å²) >= 11 is 0. The lowest BCUT2D eigenvalue weighted by molar-refractivity contribution is 0.327. The van der Waals surface area contributed by atoms with Gasteiger partial charge in [-0.2, -0.15) is 0 Å². The van der Waals surface area contributed by atoms with Crippen molar-refractivity contribution in [1.82, 2.24) is 14.9 Å². The minimum absolute atomic E-state index is 0.680. The van der Waals surface area contributed by atoms with E-state index in [0.29, 0.717) is 5.92 Å². The summed E-state index contributed by atoms with van der Waals surface area (Å²) in [7, 11) is 0. The Bertz CT molecular complexity index is 322. The molecule has 0 atom stereocenters. The molecule has 2 rings (SSSR count). The summed E-state index contributed by atoms with van der Waals surface area (Å²) in [5, 5.41) is 3.43. The van der Waals surface area contributed by atoms with E-state index in [1.165, 1.54) is 44.5 Å². The van der Waals surface area contributed by atoms with Crippen molar-refractivity contribution in [2.75, 3.05) is 13.1 Å². The van der Waals surface area contributed by atoms with E-state index in [1.807, 2.05) is 6.33 Å². The zero-order chi connectivity index (χ0) is 12.1. The fraction of sp³-hybridized carbons (Fsp3) is 0.786. The molecule has 17 heavy (non-hydrogen) atoms. The molecular weight excluding hydrogens is 210 g/mol. The Labute approximate surface area is 105 Å². The van der Waals surface area contributed by atoms with Crippen molar-refractivity contribution in [3.05, 3.63) is 18.2 Å². The second kappa shape index (κ2) is 6.20. The Hall–Kier alpha value is -0.830. The van der Waals surface area contributed by atoms with Crippen LogP contribution in [0.2, 0.25) is 0 Å². The zero-order valence-electron chi connectivity index (χ0n) is 11.2. The summed E-state index contributed by atoms with van der Waals surface area (Å²) in [5.41, 5.74) is 1.44. The SMILES string of the molecule is CCC(CC)c1cncn1CC1CCNCC1. The molecule has 0 saturated carbocycles. The molecule has 0 amide bonds. The normalized spacial score (nSPS) is 17.8. The van der Waals surface area contributed by atoms with Crippen LogP contribution in [-0.2, 0) is 6.54 Å². The molecule has 1 aromatic heterocycles. The largest absolute Gasteiger partial charge is 0.334 e. The van der Waals surface area contributed by atoms with Gasteiger partial charge in [0.25, 0.3) is 0 Å². The fourth-order valence-corrected chi connectivity index (χ4v) is 2.87. The highest BCUT2D eigenvalue weighted by Gasteiger charge is 2.17. The van der Waals surface area contributed by atoms with Crippen molar-refractivity contribution in [3.8, 4) is 0 Å². The molecule has 1 aliphatic rings. The predicted molar refractivity (Wildman–Crippen MR) is 71.1 cm³/mol. The molecule has 1 aromatic rings. The maximum atomic E-state index is 4.35. The van der Waals surface area contributed by atoms with Gasteiger partial charge in [0.1, 0.15) is 0 Å². The quantitative estimate of drug-likeness (QED) is 0.850. The Morgan fingerprint density at radius 2 is 2.06 bits per heavy atom. The summed E-state index contributed by atoms with van der Waals surface area (Å²) < 4.78 is 2.40. The average Bonchev–Trinajstić information content (AvgIpc) is 2.81. The van der Waals surface area contributed by atoms with Gasteiger partial charge >= 0.3 is 0 Å². The van der Waals surface area contributed by atoms with E-state index in [4.69, 9.17) is 0 Å². The van der Waals surface area contributed by atoms with Crippen molar-refractivity contribution < 1.29 is 0 Å². The minimum atomic E-state index is 0.680. The van der Waals surface area contributed by atoms with Gasteiger partial charge in [0.15, 0.2) is 0 Å². The van der Waals surface area contributed by atoms with E-state index in [-0.39, 0.29) is 0 Å². The van der Waals surface area contributed by atoms with Crippen LogP contribution in [0.3, 0.4) is 0 Å². The molecule has 0 bridgehead atoms. The Morgan fingerprint density at radius 3 is 2.71 bits per heavy atom. The monoisotopic (exact) mass is 235 g/mol. The third kappa shape index (κ3) is 3.09. The van der Waals surface area contributed by atoms with E-state index in [9.17, 15) is 0 Å². The first-order chi connectivity index (χ1) is 8.35. The molecule has 1 saturated heterocycles. The first-order valence-electron chi connectivity index (χ1n) is 7.05. The molecule has 3 nitrogen and oxygen atoms in total. The van der Waals surface area contributed by atoms with Crippen molar-refractivity contribution >= 4 is 0 Å². The van der Waals surface area contributed by atoms with Crippen LogP contribution < -0.4 is 5.32 Å². The van der Waals surface area contributed by atoms with Crippen LogP contribution >= 0.6 is 0 Å². The zero-order valence-corrected chi connectivity index (χ0v) is 11.2. The molecule has 0 unspecified atom stereocenters. The molecule has 3 heteroatoms. The minimum Gasteiger partial charge on any atom is -0.334 e. The van der Waals surface area contributed by atoms with E-state index in [0.717, 1.165) is 12.5 Å². The molecule has 2 heterocycles. The Balaban J connectivity index is 2.02. The van der Waals surface area contributed by atoms with Crippen molar-refractivity contribution in [3.63, 3.8) is 0 Å². The number of hydrogen-bond donors (Lipinski definition) is 1. The average molecular weight is 235 g/mol. The topological polar surface area (TPSA) is 29.9 Å². The second-order valence-electron chi connectivity index (χ2n) is 5.18. The van der Waals surface area contributed by atoms with Crippen LogP contribution in [0.15, 0.2) is 12.5 Å². The van der Waals surface area contributed by atoms with E-state index < -0.39 is 0 Å². The van der Waals surface area contributed by atoms with E-state index in [1.54, 1.807) is 0 Å². The molecule has 96 valence electrons. The second-order valence-corrected chi connectivity index (χ2v) is 5.18. The van der Waals surface area contributed by atoms with Crippen LogP contribution in [-0.4, -0.2) is 22.6 Å². The van der Waals surface area contributed by atoms with Crippen LogP contribution in [0, 0.1) is 5.92 Å². The van der Waals surface area contributed by atoms with Gasteiger partial charge in [0.2, 0.25) is 0 Å². The maximum Gasteiger partial charge on any atom is 0.0948 e. The van der Waals surface area contributed by atoms with Gasteiger partial charge in [-0.1, -0.05) is 13.8 Å². The van der Waals surface area contributed by atoms with E-state index in [2.05, 4.69) is 34.9 Å². The fourth-order valence-electron chi connectivity index (χ4n) is 2.87. The molecule has 1 N–H and O–H groups in total. The lowest BCUT2D eigenvalue weighted by atomic mass is 9.96. The van der Waals surface area contributed by atoms with Gasteiger partial charge in [0.05, 0.1) is 6.33 Å². The lowest BCUT2D eigenvalue weighted by Crippen LogP contribution is -2.30. The third-order valence-electron chi connectivity index (χ3n) is 4.06. The van der Waals surface area contributed by atoms with Crippen LogP contribution in [0.5, 0.6) is 0 Å². The smallest absolute Gasteiger partial charge is 0.0948 e. The summed E-state index contributed by atoms with van der Waals surface area (Å²) in [5.74, 6) is 1.51. The lowest BCUT2D eigenvalue weighted by Gasteiger charge is -2.25. The molecule has 0 spiro atoms. The highest BCUT2D eigenvalue weighted by molar-refractivity contribution is 5.06. The van der Waals surface area contributed by atoms with Crippen molar-refractivity contribution in [2.24, 2.45) is 5.92 Å². The van der Waals surface area contributed by atoms with Crippen LogP contribution in [0.25, 0.3) is 0 Å². The summed E-state index contributed by atoms with van der Waals surface area (Å²) in [6.07, 6.45) is 9.14. The first kappa shape index (κ1) is 12.6. The number of imidazole rings is 1. The summed E-state index contributed by atoms with van der Waals surface area (Å²) in [4.78, 5) is 4.35. The number of nitrogens with zero attached hydrogens (tertiary/aromatic N) is 2. The maximum absolute atomic E-state index is 4.35. The van der Waals surface area contributed by atoms with Gasteiger partial charge in [-0.3, -0.25) is 0 Å². The molecule has 0 radical (unpaired) electrons. The van der Waals surface area contributed by atoms with Gasteiger partial charge in [-0.05, 0) is 44.7 Å². The predicted octanol–water partition coefficient (Wildman–Crippen LogP) is 2.79. The highest BCUT2D eigenvalue weighted by Crippen LogP contribution is 2.24. The summed E-state index contributed by atoms with van der Waals surface area (Å²) in [6.45, 7) is 8.07. The number of aromatic nitrogens is 2. The number of hydrogen-bond acceptors (Lipinski definition) is 2. The van der Waals surface area contributed by atoms with Gasteiger partial charge < -0.3 is 9.88 Å². The number of rotatable bonds is 5. The van der Waals surface area contributed by atoms with Gasteiger partial charge in [-0.25, -0.2) is 4.98 Å². The third-order valence-corrected chi connectivity index (χ3v) is 4.06. The molecule has 0 aliphatic carbocycles. The standard InChI is InChI=1S/C14H25N3/c1-3-13(4-2)14-9-16-11-17(14)10-12-5-7-15-8-6-12/h9,11-13,15H,3-8,10H2,1-2H3. The Morgan fingerprint density at radius 1 is 1.35 bits per heavy atom. The molecule has 1 fully saturated rings. The molecule has 0 aromatic carbocycles. The van der Waals surface area contributed by atoms with Gasteiger partial charge in [-0.15, -0.1) is 0 Å². The molecule has 1 aliphatic heterocycles. The van der Waals surface area contributed by atoms with E-state index >= 15 is 0 Å². The van der Waals surface area contributed by atoms with Crippen molar-refractivity contribution in [2.45, 2.75) is 52.0 Å². The van der Waals surface area contributed by atoms with Crippen molar-refractivity contribution in [1.29, 1.82) is 0 Å². The van der Waals surface area contributed by atoms with Gasteiger partial charge in [0, 0.05) is 24.4 Å². The van der Waals surface area contributed by atoms with Crippen LogP contribution in [0.4, 0.5) is 0 Å². The summed E-state index contributed by atoms with van der Waals surface area (Å²) in [6, 6.07) is 0. The van der Waals surface area contributed by atoms with Crippen LogP contribution in [0.1, 0.15) is 51.1 Å².